The standard InChI is InChI=1S/C30H33N5O4/c1-19-25(20(2)35-30(33-19)31-17-32-35)8-10-29(37)34-12-3-4-22-15-27-28(39-18-38-27)16-23(22)6-7-24-14-21(11-13-34)5-9-26(24)36/h5,9,14-17,36H,3-4,6-8,10-13,18H2,1-2H3. The Labute approximate surface area is 227 Å². The van der Waals surface area contributed by atoms with Crippen LogP contribution in [0.1, 0.15) is 52.0 Å². The van der Waals surface area contributed by atoms with Crippen LogP contribution in [0.15, 0.2) is 36.7 Å². The number of phenolic OH excluding ortho intramolecular Hbond substituents is 1. The van der Waals surface area contributed by atoms with Gasteiger partial charge in [-0.2, -0.15) is 10.1 Å². The fraction of sp³-hybridized carbons (Fsp3) is 0.400. The molecule has 0 radical (unpaired) electrons. The average molecular weight is 528 g/mol. The second-order valence-corrected chi connectivity index (χ2v) is 10.4. The normalized spacial score (nSPS) is 15.4. The van der Waals surface area contributed by atoms with Crippen LogP contribution in [0.2, 0.25) is 0 Å². The third kappa shape index (κ3) is 5.13. The maximum absolute atomic E-state index is 13.6. The first-order valence-electron chi connectivity index (χ1n) is 13.6. The third-order valence-corrected chi connectivity index (χ3v) is 7.98. The Morgan fingerprint density at radius 1 is 0.974 bits per heavy atom. The molecule has 1 amide bonds. The lowest BCUT2D eigenvalue weighted by Crippen LogP contribution is -2.34. The molecule has 0 saturated heterocycles. The van der Waals surface area contributed by atoms with Gasteiger partial charge in [0.2, 0.25) is 12.7 Å². The molecule has 0 unspecified atom stereocenters. The summed E-state index contributed by atoms with van der Waals surface area (Å²) < 4.78 is 13.0. The van der Waals surface area contributed by atoms with E-state index < -0.39 is 0 Å². The molecule has 2 aromatic heterocycles. The lowest BCUT2D eigenvalue weighted by Gasteiger charge is -2.24. The van der Waals surface area contributed by atoms with Gasteiger partial charge >= 0.3 is 0 Å². The summed E-state index contributed by atoms with van der Waals surface area (Å²) in [5.41, 5.74) is 7.36. The number of aromatic hydroxyl groups is 1. The molecule has 4 aromatic rings. The maximum atomic E-state index is 13.6. The van der Waals surface area contributed by atoms with Crippen LogP contribution < -0.4 is 9.47 Å². The number of carbonyl (C=O) groups is 1. The molecule has 0 spiro atoms. The number of benzene rings is 2. The van der Waals surface area contributed by atoms with Gasteiger partial charge in [-0.1, -0.05) is 12.1 Å². The van der Waals surface area contributed by atoms with Crippen molar-refractivity contribution in [2.75, 3.05) is 19.9 Å². The number of aromatic nitrogens is 4. The molecule has 0 fully saturated rings. The van der Waals surface area contributed by atoms with Gasteiger partial charge in [0, 0.05) is 30.9 Å². The monoisotopic (exact) mass is 527 g/mol. The molecule has 2 aliphatic rings. The van der Waals surface area contributed by atoms with Gasteiger partial charge in [0.1, 0.15) is 12.1 Å². The largest absolute Gasteiger partial charge is 0.508 e. The minimum absolute atomic E-state index is 0.132. The van der Waals surface area contributed by atoms with Crippen LogP contribution in [0.4, 0.5) is 0 Å². The predicted molar refractivity (Wildman–Crippen MR) is 145 cm³/mol. The molecule has 2 aromatic carbocycles. The Bertz CT molecular complexity index is 1550. The highest BCUT2D eigenvalue weighted by Crippen LogP contribution is 2.36. The summed E-state index contributed by atoms with van der Waals surface area (Å²) in [6.07, 6.45) is 6.48. The quantitative estimate of drug-likeness (QED) is 0.431. The van der Waals surface area contributed by atoms with E-state index in [0.29, 0.717) is 37.5 Å². The number of aryl methyl sites for hydroxylation is 5. The predicted octanol–water partition coefficient (Wildman–Crippen LogP) is 3.91. The Balaban J connectivity index is 1.23. The molecule has 0 saturated carbocycles. The van der Waals surface area contributed by atoms with Crippen LogP contribution in [0.25, 0.3) is 5.78 Å². The van der Waals surface area contributed by atoms with Gasteiger partial charge in [0.25, 0.3) is 5.78 Å². The number of hydrogen-bond donors (Lipinski definition) is 1. The molecular weight excluding hydrogens is 494 g/mol. The van der Waals surface area contributed by atoms with Crippen LogP contribution >= 0.6 is 0 Å². The SMILES string of the molecule is Cc1nc2ncnn2c(C)c1CCC(=O)N1CCCc2cc3c(cc2CCc2cc(ccc2O)CC1)OCO3. The summed E-state index contributed by atoms with van der Waals surface area (Å²) in [6, 6.07) is 9.97. The van der Waals surface area contributed by atoms with E-state index in [2.05, 4.69) is 33.3 Å². The molecule has 0 atom stereocenters. The highest BCUT2D eigenvalue weighted by molar-refractivity contribution is 5.76. The number of nitrogens with zero attached hydrogens (tertiary/aromatic N) is 5. The fourth-order valence-electron chi connectivity index (χ4n) is 5.75. The molecule has 2 bridgehead atoms. The van der Waals surface area contributed by atoms with E-state index in [1.807, 2.05) is 24.8 Å². The zero-order chi connectivity index (χ0) is 26.9. The van der Waals surface area contributed by atoms with Gasteiger partial charge in [0.15, 0.2) is 11.5 Å². The molecule has 0 aliphatic carbocycles. The zero-order valence-corrected chi connectivity index (χ0v) is 22.4. The second-order valence-electron chi connectivity index (χ2n) is 10.4. The molecule has 9 heteroatoms. The van der Waals surface area contributed by atoms with Crippen LogP contribution in [-0.2, 0) is 36.9 Å². The summed E-state index contributed by atoms with van der Waals surface area (Å²) in [6.45, 7) is 5.51. The van der Waals surface area contributed by atoms with E-state index in [4.69, 9.17) is 9.47 Å². The van der Waals surface area contributed by atoms with Gasteiger partial charge in [-0.05, 0) is 98.4 Å². The van der Waals surface area contributed by atoms with Crippen LogP contribution in [-0.4, -0.2) is 55.4 Å². The van der Waals surface area contributed by atoms with Crippen molar-refractivity contribution < 1.29 is 19.4 Å². The molecule has 1 N–H and O–H groups in total. The van der Waals surface area contributed by atoms with Crippen LogP contribution in [0.3, 0.4) is 0 Å². The number of phenols is 1. The van der Waals surface area contributed by atoms with E-state index in [1.165, 1.54) is 17.5 Å². The minimum atomic E-state index is 0.132. The summed E-state index contributed by atoms with van der Waals surface area (Å²) in [4.78, 5) is 24.3. The summed E-state index contributed by atoms with van der Waals surface area (Å²) in [5.74, 6) is 2.58. The van der Waals surface area contributed by atoms with Crippen LogP contribution in [0, 0.1) is 13.8 Å². The van der Waals surface area contributed by atoms with Crippen LogP contribution in [0.5, 0.6) is 17.2 Å². The van der Waals surface area contributed by atoms with Gasteiger partial charge in [-0.3, -0.25) is 4.79 Å². The minimum Gasteiger partial charge on any atom is -0.508 e. The first-order valence-corrected chi connectivity index (χ1v) is 13.6. The van der Waals surface area contributed by atoms with Crippen molar-refractivity contribution in [2.24, 2.45) is 0 Å². The number of amides is 1. The van der Waals surface area contributed by atoms with Crippen molar-refractivity contribution in [2.45, 2.75) is 58.8 Å². The maximum Gasteiger partial charge on any atom is 0.252 e. The first-order chi connectivity index (χ1) is 19.0. The van der Waals surface area contributed by atoms with E-state index in [-0.39, 0.29) is 12.7 Å². The second kappa shape index (κ2) is 10.6. The van der Waals surface area contributed by atoms with E-state index in [9.17, 15) is 9.90 Å². The highest BCUT2D eigenvalue weighted by atomic mass is 16.7. The molecule has 202 valence electrons. The molecule has 2 aliphatic heterocycles. The van der Waals surface area contributed by atoms with Crippen molar-refractivity contribution in [3.63, 3.8) is 0 Å². The molecule has 6 rings (SSSR count). The van der Waals surface area contributed by atoms with Crippen molar-refractivity contribution in [1.82, 2.24) is 24.5 Å². The fourth-order valence-corrected chi connectivity index (χ4v) is 5.75. The number of carbonyl (C=O) groups excluding carboxylic acids is 1. The van der Waals surface area contributed by atoms with E-state index in [0.717, 1.165) is 71.7 Å². The van der Waals surface area contributed by atoms with Gasteiger partial charge < -0.3 is 19.5 Å². The van der Waals surface area contributed by atoms with E-state index in [1.54, 1.807) is 10.6 Å². The Morgan fingerprint density at radius 2 is 1.74 bits per heavy atom. The van der Waals surface area contributed by atoms with Gasteiger partial charge in [0.05, 0.1) is 0 Å². The smallest absolute Gasteiger partial charge is 0.252 e. The number of ether oxygens (including phenoxy) is 2. The van der Waals surface area contributed by atoms with Crippen molar-refractivity contribution in [1.29, 1.82) is 0 Å². The third-order valence-electron chi connectivity index (χ3n) is 7.98. The molecule has 4 heterocycles. The highest BCUT2D eigenvalue weighted by Gasteiger charge is 2.20. The van der Waals surface area contributed by atoms with Gasteiger partial charge in [-0.15, -0.1) is 0 Å². The lowest BCUT2D eigenvalue weighted by atomic mass is 9.95. The molecule has 9 nitrogen and oxygen atoms in total. The lowest BCUT2D eigenvalue weighted by molar-refractivity contribution is -0.131. The summed E-state index contributed by atoms with van der Waals surface area (Å²) >= 11 is 0. The van der Waals surface area contributed by atoms with Crippen molar-refractivity contribution in [3.8, 4) is 17.2 Å². The summed E-state index contributed by atoms with van der Waals surface area (Å²) in [5, 5.41) is 14.8. The topological polar surface area (TPSA) is 102 Å². The summed E-state index contributed by atoms with van der Waals surface area (Å²) in [7, 11) is 0. The Morgan fingerprint density at radius 3 is 2.56 bits per heavy atom. The molecular formula is C30H33N5O4. The molecule has 39 heavy (non-hydrogen) atoms. The zero-order valence-electron chi connectivity index (χ0n) is 22.4. The average Bonchev–Trinajstić information content (AvgIpc) is 3.59. The Kier molecular flexibility index (Phi) is 6.81. The number of rotatable bonds is 3. The van der Waals surface area contributed by atoms with Gasteiger partial charge in [-0.25, -0.2) is 9.50 Å². The number of hydrogen-bond acceptors (Lipinski definition) is 7. The van der Waals surface area contributed by atoms with E-state index >= 15 is 0 Å². The number of fused-ring (bicyclic) bond motifs is 5. The Hall–Kier alpha value is -4.14. The van der Waals surface area contributed by atoms with Crippen molar-refractivity contribution >= 4 is 11.7 Å². The first kappa shape index (κ1) is 25.2. The van der Waals surface area contributed by atoms with Crippen molar-refractivity contribution in [3.05, 3.63) is 75.9 Å².